The lowest BCUT2D eigenvalue weighted by Crippen LogP contribution is -2.39. The van der Waals surface area contributed by atoms with E-state index in [4.69, 9.17) is 14.3 Å². The van der Waals surface area contributed by atoms with E-state index in [2.05, 4.69) is 0 Å². The first kappa shape index (κ1) is 15.6. The molecule has 0 spiro atoms. The molecule has 0 heterocycles. The van der Waals surface area contributed by atoms with E-state index in [1.807, 2.05) is 30.3 Å². The second-order valence-corrected chi connectivity index (χ2v) is 5.66. The third kappa shape index (κ3) is 3.10. The van der Waals surface area contributed by atoms with Gasteiger partial charge in [0.15, 0.2) is 0 Å². The molecule has 1 amide bonds. The number of hydrogen-bond donors (Lipinski definition) is 0. The molecule has 1 aliphatic carbocycles. The fourth-order valence-electron chi connectivity index (χ4n) is 2.81. The van der Waals surface area contributed by atoms with Crippen molar-refractivity contribution in [3.63, 3.8) is 0 Å². The van der Waals surface area contributed by atoms with E-state index in [9.17, 15) is 4.79 Å². The van der Waals surface area contributed by atoms with Gasteiger partial charge >= 0.3 is 0 Å². The van der Waals surface area contributed by atoms with Crippen molar-refractivity contribution in [1.82, 2.24) is 5.06 Å². The zero-order valence-corrected chi connectivity index (χ0v) is 13.5. The number of amides is 1. The highest BCUT2D eigenvalue weighted by atomic mass is 16.7. The molecule has 0 aromatic heterocycles. The Morgan fingerprint density at radius 1 is 1.17 bits per heavy atom. The SMILES string of the molecule is COc1ccc2ccc(OC)c(CON(C=O)C3CCC3)c2c1. The van der Waals surface area contributed by atoms with Crippen molar-refractivity contribution in [2.45, 2.75) is 31.9 Å². The summed E-state index contributed by atoms with van der Waals surface area (Å²) < 4.78 is 10.8. The first-order chi connectivity index (χ1) is 11.3. The molecule has 5 heteroatoms. The van der Waals surface area contributed by atoms with Gasteiger partial charge in [0, 0.05) is 5.56 Å². The lowest BCUT2D eigenvalue weighted by molar-refractivity contribution is -0.201. The fraction of sp³-hybridized carbons (Fsp3) is 0.389. The predicted octanol–water partition coefficient (Wildman–Crippen LogP) is 3.30. The van der Waals surface area contributed by atoms with E-state index in [-0.39, 0.29) is 12.6 Å². The maximum Gasteiger partial charge on any atom is 0.233 e. The maximum absolute atomic E-state index is 11.2. The molecule has 0 atom stereocenters. The number of nitrogens with zero attached hydrogens (tertiary/aromatic N) is 1. The summed E-state index contributed by atoms with van der Waals surface area (Å²) in [5.41, 5.74) is 0.912. The Morgan fingerprint density at radius 3 is 2.57 bits per heavy atom. The zero-order chi connectivity index (χ0) is 16.2. The van der Waals surface area contributed by atoms with E-state index in [0.29, 0.717) is 0 Å². The van der Waals surface area contributed by atoms with Crippen LogP contribution in [0.2, 0.25) is 0 Å². The van der Waals surface area contributed by atoms with Crippen LogP contribution in [0.15, 0.2) is 30.3 Å². The molecule has 122 valence electrons. The van der Waals surface area contributed by atoms with Crippen LogP contribution in [0.1, 0.15) is 24.8 Å². The summed E-state index contributed by atoms with van der Waals surface area (Å²) in [4.78, 5) is 17.0. The van der Waals surface area contributed by atoms with Gasteiger partial charge in [-0.3, -0.25) is 9.63 Å². The summed E-state index contributed by atoms with van der Waals surface area (Å²) >= 11 is 0. The van der Waals surface area contributed by atoms with Gasteiger partial charge in [0.05, 0.1) is 20.3 Å². The standard InChI is InChI=1S/C18H21NO4/c1-21-15-8-6-13-7-9-18(22-2)17(16(13)10-15)11-23-19(12-20)14-4-3-5-14/h6-10,12,14H,3-5,11H2,1-2H3. The summed E-state index contributed by atoms with van der Waals surface area (Å²) in [6, 6.07) is 10.0. The van der Waals surface area contributed by atoms with Crippen LogP contribution in [-0.4, -0.2) is 31.7 Å². The molecule has 0 saturated heterocycles. The number of hydrogen-bond acceptors (Lipinski definition) is 4. The molecule has 0 N–H and O–H groups in total. The quantitative estimate of drug-likeness (QED) is 0.581. The number of carbonyl (C=O) groups excluding carboxylic acids is 1. The molecule has 23 heavy (non-hydrogen) atoms. The largest absolute Gasteiger partial charge is 0.497 e. The van der Waals surface area contributed by atoms with Crippen LogP contribution >= 0.6 is 0 Å². The van der Waals surface area contributed by atoms with Gasteiger partial charge in [-0.1, -0.05) is 12.1 Å². The minimum atomic E-state index is 0.197. The van der Waals surface area contributed by atoms with Gasteiger partial charge in [-0.15, -0.1) is 0 Å². The van der Waals surface area contributed by atoms with E-state index < -0.39 is 0 Å². The first-order valence-electron chi connectivity index (χ1n) is 7.77. The van der Waals surface area contributed by atoms with Crippen LogP contribution in [0.4, 0.5) is 0 Å². The van der Waals surface area contributed by atoms with Gasteiger partial charge in [0.25, 0.3) is 0 Å². The van der Waals surface area contributed by atoms with E-state index in [0.717, 1.165) is 53.5 Å². The number of fused-ring (bicyclic) bond motifs is 1. The maximum atomic E-state index is 11.2. The smallest absolute Gasteiger partial charge is 0.233 e. The molecule has 1 saturated carbocycles. The normalized spacial score (nSPS) is 14.3. The van der Waals surface area contributed by atoms with E-state index in [1.165, 1.54) is 5.06 Å². The van der Waals surface area contributed by atoms with Crippen LogP contribution in [0.25, 0.3) is 10.8 Å². The minimum absolute atomic E-state index is 0.197. The van der Waals surface area contributed by atoms with Crippen molar-refractivity contribution in [3.05, 3.63) is 35.9 Å². The molecular formula is C18H21NO4. The van der Waals surface area contributed by atoms with Crippen LogP contribution in [-0.2, 0) is 16.2 Å². The Kier molecular flexibility index (Phi) is 4.67. The molecule has 1 fully saturated rings. The van der Waals surface area contributed by atoms with Gasteiger partial charge in [-0.2, -0.15) is 0 Å². The summed E-state index contributed by atoms with van der Waals surface area (Å²) in [6.07, 6.45) is 3.91. The number of benzene rings is 2. The number of carbonyl (C=O) groups is 1. The highest BCUT2D eigenvalue weighted by Gasteiger charge is 2.25. The Hall–Kier alpha value is -2.27. The summed E-state index contributed by atoms with van der Waals surface area (Å²) in [5.74, 6) is 1.52. The second kappa shape index (κ2) is 6.87. The number of rotatable bonds is 7. The second-order valence-electron chi connectivity index (χ2n) is 5.66. The molecular weight excluding hydrogens is 294 g/mol. The van der Waals surface area contributed by atoms with Crippen molar-refractivity contribution < 1.29 is 19.1 Å². The Balaban J connectivity index is 1.91. The molecule has 2 aromatic carbocycles. The first-order valence-corrected chi connectivity index (χ1v) is 7.77. The third-order valence-corrected chi connectivity index (χ3v) is 4.41. The third-order valence-electron chi connectivity index (χ3n) is 4.41. The molecule has 2 aromatic rings. The van der Waals surface area contributed by atoms with Crippen molar-refractivity contribution in [2.75, 3.05) is 14.2 Å². The Bertz CT molecular complexity index is 691. The lowest BCUT2D eigenvalue weighted by atomic mass is 9.93. The molecule has 0 radical (unpaired) electrons. The molecule has 0 bridgehead atoms. The monoisotopic (exact) mass is 315 g/mol. The van der Waals surface area contributed by atoms with Gasteiger partial charge in [0.2, 0.25) is 6.41 Å². The van der Waals surface area contributed by atoms with Crippen LogP contribution < -0.4 is 9.47 Å². The lowest BCUT2D eigenvalue weighted by Gasteiger charge is -2.33. The van der Waals surface area contributed by atoms with Gasteiger partial charge < -0.3 is 9.47 Å². The molecule has 0 aliphatic heterocycles. The molecule has 1 aliphatic rings. The molecule has 3 rings (SSSR count). The van der Waals surface area contributed by atoms with E-state index in [1.54, 1.807) is 14.2 Å². The van der Waals surface area contributed by atoms with Gasteiger partial charge in [-0.25, -0.2) is 5.06 Å². The zero-order valence-electron chi connectivity index (χ0n) is 13.5. The van der Waals surface area contributed by atoms with E-state index >= 15 is 0 Å². The number of ether oxygens (including phenoxy) is 2. The highest BCUT2D eigenvalue weighted by Crippen LogP contribution is 2.32. The van der Waals surface area contributed by atoms with Crippen molar-refractivity contribution >= 4 is 17.2 Å². The average Bonchev–Trinajstić information content (AvgIpc) is 2.55. The Labute approximate surface area is 135 Å². The van der Waals surface area contributed by atoms with Crippen LogP contribution in [0.5, 0.6) is 11.5 Å². The topological polar surface area (TPSA) is 48.0 Å². The minimum Gasteiger partial charge on any atom is -0.497 e. The van der Waals surface area contributed by atoms with Crippen LogP contribution in [0, 0.1) is 0 Å². The fourth-order valence-corrected chi connectivity index (χ4v) is 2.81. The molecule has 0 unspecified atom stereocenters. The number of methoxy groups -OCH3 is 2. The average molecular weight is 315 g/mol. The highest BCUT2D eigenvalue weighted by molar-refractivity contribution is 5.89. The van der Waals surface area contributed by atoms with Crippen molar-refractivity contribution in [3.8, 4) is 11.5 Å². The predicted molar refractivity (Wildman–Crippen MR) is 87.4 cm³/mol. The van der Waals surface area contributed by atoms with Gasteiger partial charge in [0.1, 0.15) is 18.1 Å². The summed E-state index contributed by atoms with van der Waals surface area (Å²) in [5, 5.41) is 3.51. The van der Waals surface area contributed by atoms with Crippen molar-refractivity contribution in [1.29, 1.82) is 0 Å². The molecule has 5 nitrogen and oxygen atoms in total. The number of hydroxylamine groups is 2. The summed E-state index contributed by atoms with van der Waals surface area (Å²) in [7, 11) is 3.27. The van der Waals surface area contributed by atoms with Crippen LogP contribution in [0.3, 0.4) is 0 Å². The van der Waals surface area contributed by atoms with Crippen molar-refractivity contribution in [2.24, 2.45) is 0 Å². The van der Waals surface area contributed by atoms with Gasteiger partial charge in [-0.05, 0) is 48.2 Å². The summed E-state index contributed by atoms with van der Waals surface area (Å²) in [6.45, 7) is 0.281. The Morgan fingerprint density at radius 2 is 1.96 bits per heavy atom.